The first-order valence-corrected chi connectivity index (χ1v) is 10.9. The minimum Gasteiger partial charge on any atom is -0.207 e. The number of hydrogen-bond donors (Lipinski definition) is 0. The Kier molecular flexibility index (Phi) is 5.11. The number of nitrogens with zero attached hydrogens (tertiary/aromatic N) is 1. The fourth-order valence-corrected chi connectivity index (χ4v) is 5.34. The van der Waals surface area contributed by atoms with Crippen molar-refractivity contribution in [1.82, 2.24) is 4.31 Å². The van der Waals surface area contributed by atoms with Gasteiger partial charge < -0.3 is 0 Å². The summed E-state index contributed by atoms with van der Waals surface area (Å²) in [5.41, 5.74) is 2.84. The fourth-order valence-electron chi connectivity index (χ4n) is 3.51. The quantitative estimate of drug-likeness (QED) is 0.519. The second kappa shape index (κ2) is 7.55. The van der Waals surface area contributed by atoms with Crippen LogP contribution in [-0.4, -0.2) is 12.7 Å². The zero-order chi connectivity index (χ0) is 19.7. The summed E-state index contributed by atoms with van der Waals surface area (Å²) in [6, 6.07) is 23.3. The van der Waals surface area contributed by atoms with Crippen molar-refractivity contribution in [2.24, 2.45) is 0 Å². The van der Waals surface area contributed by atoms with E-state index < -0.39 is 16.1 Å². The highest BCUT2D eigenvalue weighted by molar-refractivity contribution is 7.89. The molecule has 0 bridgehead atoms. The lowest BCUT2D eigenvalue weighted by Crippen LogP contribution is -2.33. The molecule has 28 heavy (non-hydrogen) atoms. The summed E-state index contributed by atoms with van der Waals surface area (Å²) in [5.74, 6) is 0. The monoisotopic (exact) mass is 409 g/mol. The smallest absolute Gasteiger partial charge is 0.207 e. The Bertz CT molecular complexity index is 1090. The van der Waals surface area contributed by atoms with Crippen LogP contribution in [0.2, 0.25) is 5.02 Å². The number of sulfonamides is 1. The third kappa shape index (κ3) is 3.51. The number of benzene rings is 3. The molecule has 1 aliphatic rings. The van der Waals surface area contributed by atoms with Crippen LogP contribution in [0.25, 0.3) is 0 Å². The van der Waals surface area contributed by atoms with E-state index in [2.05, 4.69) is 0 Å². The van der Waals surface area contributed by atoms with Gasteiger partial charge in [-0.2, -0.15) is 4.31 Å². The van der Waals surface area contributed by atoms with Gasteiger partial charge in [-0.25, -0.2) is 8.42 Å². The molecule has 0 saturated heterocycles. The number of hydrogen-bond acceptors (Lipinski definition) is 2. The van der Waals surface area contributed by atoms with Crippen LogP contribution in [0.1, 0.15) is 28.8 Å². The highest BCUT2D eigenvalue weighted by Gasteiger charge is 2.40. The van der Waals surface area contributed by atoms with E-state index in [1.807, 2.05) is 73.7 Å². The maximum Gasteiger partial charge on any atom is 0.244 e. The average Bonchev–Trinajstić information content (AvgIpc) is 3.16. The minimum absolute atomic E-state index is 0.293. The van der Waals surface area contributed by atoms with Gasteiger partial charge in [0.2, 0.25) is 10.0 Å². The average molecular weight is 410 g/mol. The molecule has 0 spiro atoms. The molecule has 0 fully saturated rings. The van der Waals surface area contributed by atoms with E-state index in [4.69, 9.17) is 11.6 Å². The van der Waals surface area contributed by atoms with Gasteiger partial charge in [0, 0.05) is 5.02 Å². The van der Waals surface area contributed by atoms with Gasteiger partial charge in [0.05, 0.1) is 17.0 Å². The van der Waals surface area contributed by atoms with Crippen LogP contribution in [0.4, 0.5) is 0 Å². The number of rotatable bonds is 4. The highest BCUT2D eigenvalue weighted by Crippen LogP contribution is 2.43. The lowest BCUT2D eigenvalue weighted by Gasteiger charge is -2.30. The maximum atomic E-state index is 13.6. The van der Waals surface area contributed by atoms with Crippen molar-refractivity contribution >= 4 is 21.6 Å². The Morgan fingerprint density at radius 2 is 1.29 bits per heavy atom. The Balaban J connectivity index is 1.82. The molecule has 4 rings (SSSR count). The Hall–Kier alpha value is -2.40. The second-order valence-corrected chi connectivity index (χ2v) is 9.16. The maximum absolute atomic E-state index is 13.6. The zero-order valence-electron chi connectivity index (χ0n) is 15.4. The van der Waals surface area contributed by atoms with E-state index >= 15 is 0 Å². The van der Waals surface area contributed by atoms with Gasteiger partial charge in [0.1, 0.15) is 0 Å². The zero-order valence-corrected chi connectivity index (χ0v) is 16.9. The molecule has 3 aromatic carbocycles. The second-order valence-electron chi connectivity index (χ2n) is 6.88. The van der Waals surface area contributed by atoms with Gasteiger partial charge in [-0.15, -0.1) is 0 Å². The molecule has 0 N–H and O–H groups in total. The lowest BCUT2D eigenvalue weighted by atomic mass is 10.1. The number of halogens is 1. The first-order chi connectivity index (χ1) is 13.5. The summed E-state index contributed by atoms with van der Waals surface area (Å²) in [6.07, 6.45) is 3.91. The van der Waals surface area contributed by atoms with Crippen molar-refractivity contribution in [3.05, 3.63) is 113 Å². The molecule has 1 heterocycles. The van der Waals surface area contributed by atoms with Gasteiger partial charge in [-0.3, -0.25) is 0 Å². The van der Waals surface area contributed by atoms with Gasteiger partial charge in [-0.05, 0) is 42.3 Å². The van der Waals surface area contributed by atoms with Crippen LogP contribution in [0.3, 0.4) is 0 Å². The van der Waals surface area contributed by atoms with E-state index in [1.165, 1.54) is 0 Å². The largest absolute Gasteiger partial charge is 0.244 e. The molecule has 0 unspecified atom stereocenters. The summed E-state index contributed by atoms with van der Waals surface area (Å²) < 4.78 is 28.9. The summed E-state index contributed by atoms with van der Waals surface area (Å²) in [4.78, 5) is 0.293. The standard InChI is InChI=1S/C23H20ClNO2S/c1-17-7-13-21(14-8-17)28(26,27)25-22(18-5-3-2-4-6-18)15-16-23(25)19-9-11-20(24)12-10-19/h2-16,22-23H,1H3/t22-,23+/m0/s1. The summed E-state index contributed by atoms with van der Waals surface area (Å²) in [5, 5.41) is 0.623. The summed E-state index contributed by atoms with van der Waals surface area (Å²) >= 11 is 6.03. The molecule has 5 heteroatoms. The molecule has 0 radical (unpaired) electrons. The van der Waals surface area contributed by atoms with Crippen LogP contribution in [-0.2, 0) is 10.0 Å². The Labute approximate surface area is 170 Å². The van der Waals surface area contributed by atoms with Crippen molar-refractivity contribution in [1.29, 1.82) is 0 Å². The number of aryl methyl sites for hydroxylation is 1. The van der Waals surface area contributed by atoms with E-state index in [0.717, 1.165) is 16.7 Å². The van der Waals surface area contributed by atoms with Crippen LogP contribution in [0.15, 0.2) is 95.9 Å². The molecule has 3 nitrogen and oxygen atoms in total. The predicted molar refractivity (Wildman–Crippen MR) is 113 cm³/mol. The first kappa shape index (κ1) is 18.9. The van der Waals surface area contributed by atoms with Crippen LogP contribution < -0.4 is 0 Å². The van der Waals surface area contributed by atoms with E-state index in [9.17, 15) is 8.42 Å². The SMILES string of the molecule is Cc1ccc(S(=O)(=O)N2[C@@H](c3ccc(Cl)cc3)C=C[C@H]2c2ccccc2)cc1. The van der Waals surface area contributed by atoms with Crippen molar-refractivity contribution in [3.8, 4) is 0 Å². The van der Waals surface area contributed by atoms with Crippen molar-refractivity contribution < 1.29 is 8.42 Å². The van der Waals surface area contributed by atoms with E-state index in [1.54, 1.807) is 28.6 Å². The van der Waals surface area contributed by atoms with Crippen LogP contribution in [0, 0.1) is 6.92 Å². The summed E-state index contributed by atoms with van der Waals surface area (Å²) in [7, 11) is -3.72. The third-order valence-corrected chi connectivity index (χ3v) is 7.10. The molecule has 3 aromatic rings. The van der Waals surface area contributed by atoms with E-state index in [0.29, 0.717) is 9.92 Å². The first-order valence-electron chi connectivity index (χ1n) is 9.06. The minimum atomic E-state index is -3.72. The van der Waals surface area contributed by atoms with Crippen molar-refractivity contribution in [3.63, 3.8) is 0 Å². The molecule has 2 atom stereocenters. The molecular weight excluding hydrogens is 390 g/mol. The highest BCUT2D eigenvalue weighted by atomic mass is 35.5. The fraction of sp³-hybridized carbons (Fsp3) is 0.130. The molecule has 142 valence electrons. The van der Waals surface area contributed by atoms with Crippen molar-refractivity contribution in [2.45, 2.75) is 23.9 Å². The van der Waals surface area contributed by atoms with Gasteiger partial charge >= 0.3 is 0 Å². The van der Waals surface area contributed by atoms with E-state index in [-0.39, 0.29) is 6.04 Å². The Morgan fingerprint density at radius 1 is 0.750 bits per heavy atom. The normalized spacial score (nSPS) is 19.8. The summed E-state index contributed by atoms with van der Waals surface area (Å²) in [6.45, 7) is 1.94. The van der Waals surface area contributed by atoms with Gasteiger partial charge in [0.15, 0.2) is 0 Å². The Morgan fingerprint density at radius 3 is 1.86 bits per heavy atom. The molecule has 1 aliphatic heterocycles. The molecule has 0 amide bonds. The van der Waals surface area contributed by atoms with Crippen molar-refractivity contribution in [2.75, 3.05) is 0 Å². The molecule has 0 aromatic heterocycles. The third-order valence-electron chi connectivity index (χ3n) is 4.97. The predicted octanol–water partition coefficient (Wildman–Crippen LogP) is 5.69. The van der Waals surface area contributed by atoms with Gasteiger partial charge in [-0.1, -0.05) is 83.9 Å². The molecule has 0 aliphatic carbocycles. The topological polar surface area (TPSA) is 37.4 Å². The lowest BCUT2D eigenvalue weighted by molar-refractivity contribution is 0.350. The molecular formula is C23H20ClNO2S. The van der Waals surface area contributed by atoms with Gasteiger partial charge in [0.25, 0.3) is 0 Å². The molecule has 0 saturated carbocycles. The van der Waals surface area contributed by atoms with Crippen LogP contribution >= 0.6 is 11.6 Å². The van der Waals surface area contributed by atoms with Crippen LogP contribution in [0.5, 0.6) is 0 Å².